The third kappa shape index (κ3) is 7.02. The summed E-state index contributed by atoms with van der Waals surface area (Å²) >= 11 is 1.10. The van der Waals surface area contributed by atoms with Gasteiger partial charge in [-0.05, 0) is 62.4 Å². The van der Waals surface area contributed by atoms with Crippen LogP contribution in [0.5, 0.6) is 5.75 Å². The zero-order valence-electron chi connectivity index (χ0n) is 26.0. The predicted molar refractivity (Wildman–Crippen MR) is 180 cm³/mol. The van der Waals surface area contributed by atoms with E-state index in [2.05, 4.69) is 32.6 Å². The van der Waals surface area contributed by atoms with Gasteiger partial charge in [0.05, 0.1) is 15.8 Å². The van der Waals surface area contributed by atoms with E-state index in [-0.39, 0.29) is 17.6 Å². The van der Waals surface area contributed by atoms with Crippen LogP contribution in [-0.4, -0.2) is 70.7 Å². The third-order valence-electron chi connectivity index (χ3n) is 8.08. The van der Waals surface area contributed by atoms with E-state index >= 15 is 0 Å². The molecule has 2 aromatic heterocycles. The van der Waals surface area contributed by atoms with Crippen LogP contribution in [0, 0.1) is 0 Å². The average molecular weight is 637 g/mol. The average Bonchev–Trinajstić information content (AvgIpc) is 3.64. The zero-order chi connectivity index (χ0) is 32.3. The van der Waals surface area contributed by atoms with Gasteiger partial charge in [-0.3, -0.25) is 14.5 Å². The van der Waals surface area contributed by atoms with Crippen LogP contribution in [0.1, 0.15) is 45.0 Å². The highest BCUT2D eigenvalue weighted by Gasteiger charge is 2.27. The maximum Gasteiger partial charge on any atom is 0.441 e. The van der Waals surface area contributed by atoms with Gasteiger partial charge in [-0.25, -0.2) is 4.79 Å². The van der Waals surface area contributed by atoms with Crippen molar-refractivity contribution in [3.8, 4) is 5.75 Å². The highest BCUT2D eigenvalue weighted by molar-refractivity contribution is 7.20. The number of fused-ring (bicyclic) bond motifs is 1. The number of nitrogens with zero attached hydrogens (tertiary/aromatic N) is 4. The number of ether oxygens (including phenoxy) is 1. The Morgan fingerprint density at radius 2 is 1.52 bits per heavy atom. The van der Waals surface area contributed by atoms with E-state index in [1.165, 1.54) is 0 Å². The largest absolute Gasteiger partial charge is 0.441 e. The number of hydrogen-bond donors (Lipinski definition) is 2. The molecule has 0 spiro atoms. The maximum atomic E-state index is 13.5. The number of aromatic nitrogens is 2. The second kappa shape index (κ2) is 13.3. The minimum absolute atomic E-state index is 0.157. The summed E-state index contributed by atoms with van der Waals surface area (Å²) < 4.78 is 6.63. The number of piperazine rings is 1. The van der Waals surface area contributed by atoms with E-state index in [0.717, 1.165) is 59.9 Å². The second-order valence-electron chi connectivity index (χ2n) is 11.9. The Bertz CT molecular complexity index is 1840. The summed E-state index contributed by atoms with van der Waals surface area (Å²) in [6, 6.07) is 27.5. The van der Waals surface area contributed by atoms with Gasteiger partial charge in [0.2, 0.25) is 0 Å². The van der Waals surface area contributed by atoms with Crippen molar-refractivity contribution in [3.05, 3.63) is 113 Å². The number of rotatable bonds is 8. The topological polar surface area (TPSA) is 109 Å². The van der Waals surface area contributed by atoms with E-state index in [4.69, 9.17) is 4.74 Å². The van der Waals surface area contributed by atoms with E-state index in [1.807, 2.05) is 62.4 Å². The summed E-state index contributed by atoms with van der Waals surface area (Å²) in [6.07, 6.45) is -0.761. The lowest BCUT2D eigenvalue weighted by Gasteiger charge is -2.32. The quantitative estimate of drug-likeness (QED) is 0.221. The molecular weight excluding hydrogens is 600 g/mol. The lowest BCUT2D eigenvalue weighted by atomic mass is 9.94. The second-order valence-corrected chi connectivity index (χ2v) is 13.0. The van der Waals surface area contributed by atoms with Gasteiger partial charge in [0.25, 0.3) is 11.8 Å². The maximum absolute atomic E-state index is 13.5. The molecule has 0 unspecified atom stereocenters. The minimum Gasteiger partial charge on any atom is -0.409 e. The first-order valence-electron chi connectivity index (χ1n) is 15.2. The van der Waals surface area contributed by atoms with Crippen molar-refractivity contribution in [2.75, 3.05) is 38.5 Å². The number of carbonyl (C=O) groups excluding carboxylic acids is 3. The lowest BCUT2D eigenvalue weighted by molar-refractivity contribution is 0.0915. The number of amides is 2. The van der Waals surface area contributed by atoms with Crippen LogP contribution in [0.2, 0.25) is 0 Å². The SMILES string of the molecule is CN1CCN(Cc2ccc(C(=O)Nc3nn(C(=O)Oc4ccccc4)c4sc(C(=O)NC(C)(C)c5ccccc5)cc34)cc2)CC1. The number of thiophene rings is 1. The molecule has 2 N–H and O–H groups in total. The highest BCUT2D eigenvalue weighted by Crippen LogP contribution is 2.33. The Labute approximate surface area is 271 Å². The zero-order valence-corrected chi connectivity index (χ0v) is 26.8. The van der Waals surface area contributed by atoms with E-state index in [1.54, 1.807) is 42.5 Å². The molecule has 1 fully saturated rings. The van der Waals surface area contributed by atoms with Gasteiger partial charge in [0.15, 0.2) is 5.82 Å². The predicted octanol–water partition coefficient (Wildman–Crippen LogP) is 5.81. The van der Waals surface area contributed by atoms with Crippen LogP contribution >= 0.6 is 11.3 Å². The van der Waals surface area contributed by atoms with Crippen molar-refractivity contribution in [2.24, 2.45) is 0 Å². The Morgan fingerprint density at radius 3 is 2.20 bits per heavy atom. The van der Waals surface area contributed by atoms with Crippen LogP contribution in [0.4, 0.5) is 10.6 Å². The molecule has 0 aliphatic carbocycles. The highest BCUT2D eigenvalue weighted by atomic mass is 32.1. The Kier molecular flexibility index (Phi) is 8.98. The molecule has 3 heterocycles. The molecule has 3 aromatic carbocycles. The smallest absolute Gasteiger partial charge is 0.409 e. The van der Waals surface area contributed by atoms with Gasteiger partial charge in [-0.15, -0.1) is 16.4 Å². The fraction of sp³-hybridized carbons (Fsp3) is 0.257. The van der Waals surface area contributed by atoms with E-state index in [0.29, 0.717) is 26.4 Å². The van der Waals surface area contributed by atoms with Crippen LogP contribution < -0.4 is 15.4 Å². The van der Waals surface area contributed by atoms with Gasteiger partial charge < -0.3 is 20.3 Å². The van der Waals surface area contributed by atoms with Crippen LogP contribution in [-0.2, 0) is 12.1 Å². The normalized spacial score (nSPS) is 14.2. The van der Waals surface area contributed by atoms with Crippen molar-refractivity contribution in [1.29, 1.82) is 0 Å². The molecule has 46 heavy (non-hydrogen) atoms. The van der Waals surface area contributed by atoms with Crippen molar-refractivity contribution < 1.29 is 19.1 Å². The molecule has 236 valence electrons. The van der Waals surface area contributed by atoms with Crippen LogP contribution in [0.25, 0.3) is 10.2 Å². The fourth-order valence-electron chi connectivity index (χ4n) is 5.35. The minimum atomic E-state index is -0.761. The molecule has 6 rings (SSSR count). The summed E-state index contributed by atoms with van der Waals surface area (Å²) in [7, 11) is 2.13. The molecular formula is C35H36N6O4S. The number of likely N-dealkylation sites (N-methyl/N-ethyl adjacent to an activating group) is 1. The van der Waals surface area contributed by atoms with Crippen molar-refractivity contribution in [2.45, 2.75) is 25.9 Å². The van der Waals surface area contributed by atoms with E-state index < -0.39 is 11.6 Å². The summed E-state index contributed by atoms with van der Waals surface area (Å²) in [5.74, 6) is -0.190. The first-order valence-corrected chi connectivity index (χ1v) is 16.0. The van der Waals surface area contributed by atoms with Gasteiger partial charge in [-0.2, -0.15) is 4.68 Å². The summed E-state index contributed by atoms with van der Waals surface area (Å²) in [4.78, 5) is 45.6. The summed E-state index contributed by atoms with van der Waals surface area (Å²) in [5, 5.41) is 10.8. The molecule has 5 aromatic rings. The van der Waals surface area contributed by atoms with Gasteiger partial charge in [0.1, 0.15) is 10.6 Å². The van der Waals surface area contributed by atoms with Gasteiger partial charge >= 0.3 is 6.09 Å². The number of benzene rings is 3. The van der Waals surface area contributed by atoms with Crippen molar-refractivity contribution in [3.63, 3.8) is 0 Å². The fourth-order valence-corrected chi connectivity index (χ4v) is 6.34. The van der Waals surface area contributed by atoms with Gasteiger partial charge in [-0.1, -0.05) is 60.7 Å². The van der Waals surface area contributed by atoms with Crippen molar-refractivity contribution >= 4 is 45.3 Å². The number of hydrogen-bond acceptors (Lipinski definition) is 8. The molecule has 0 radical (unpaired) electrons. The molecule has 1 saturated heterocycles. The lowest BCUT2D eigenvalue weighted by Crippen LogP contribution is -2.43. The van der Waals surface area contributed by atoms with Crippen molar-refractivity contribution in [1.82, 2.24) is 24.9 Å². The molecule has 1 aliphatic rings. The molecule has 11 heteroatoms. The third-order valence-corrected chi connectivity index (χ3v) is 9.19. The Hall–Kier alpha value is -4.84. The monoisotopic (exact) mass is 636 g/mol. The number of anilines is 1. The van der Waals surface area contributed by atoms with Gasteiger partial charge in [0, 0.05) is 38.3 Å². The van der Waals surface area contributed by atoms with Crippen LogP contribution in [0.15, 0.2) is 91.0 Å². The Balaban J connectivity index is 1.24. The number of para-hydroxylation sites is 1. The molecule has 0 atom stereocenters. The van der Waals surface area contributed by atoms with E-state index in [9.17, 15) is 14.4 Å². The molecule has 1 aliphatic heterocycles. The number of nitrogens with one attached hydrogen (secondary N) is 2. The van der Waals surface area contributed by atoms with Crippen LogP contribution in [0.3, 0.4) is 0 Å². The molecule has 0 saturated carbocycles. The summed E-state index contributed by atoms with van der Waals surface area (Å²) in [6.45, 7) is 8.77. The molecule has 2 amide bonds. The molecule has 10 nitrogen and oxygen atoms in total. The Morgan fingerprint density at radius 1 is 0.870 bits per heavy atom. The molecule has 0 bridgehead atoms. The first-order chi connectivity index (χ1) is 22.2. The number of carbonyl (C=O) groups is 3. The summed E-state index contributed by atoms with van der Waals surface area (Å²) in [5.41, 5.74) is 1.88. The standard InChI is InChI=1S/C35H36N6O4S/c1-35(2,26-10-6-4-7-11-26)37-32(43)29-22-28-30(38-41(33(28)46-29)34(44)45-27-12-8-5-9-13-27)36-31(42)25-16-14-24(15-17-25)23-40-20-18-39(3)19-21-40/h4-17,22H,18-21,23H2,1-3H3,(H,37,43)(H,36,38,42). The first kappa shape index (κ1) is 31.2.